The van der Waals surface area contributed by atoms with Gasteiger partial charge >= 0.3 is 5.97 Å². The molecule has 3 aromatic rings. The second kappa shape index (κ2) is 10.4. The lowest BCUT2D eigenvalue weighted by Crippen LogP contribution is -2.15. The van der Waals surface area contributed by atoms with E-state index >= 15 is 0 Å². The molecule has 0 radical (unpaired) electrons. The molecule has 0 saturated carbocycles. The summed E-state index contributed by atoms with van der Waals surface area (Å²) in [6, 6.07) is 16.8. The second-order valence-electron chi connectivity index (χ2n) is 6.76. The van der Waals surface area contributed by atoms with Crippen LogP contribution in [0.25, 0.3) is 17.2 Å². The molecule has 1 N–H and O–H groups in total. The molecule has 0 saturated heterocycles. The van der Waals surface area contributed by atoms with Gasteiger partial charge in [0.1, 0.15) is 28.0 Å². The SMILES string of the molecule is CCc1ccc(-c2csc(NC(=O)/C(C#N)=C/c3ccccc3OC)c2C(=O)OC)cc1. The van der Waals surface area contributed by atoms with Crippen molar-refractivity contribution in [3.63, 3.8) is 0 Å². The lowest BCUT2D eigenvalue weighted by Gasteiger charge is -2.08. The van der Waals surface area contributed by atoms with E-state index < -0.39 is 11.9 Å². The van der Waals surface area contributed by atoms with Crippen molar-refractivity contribution >= 4 is 34.3 Å². The second-order valence-corrected chi connectivity index (χ2v) is 7.64. The molecule has 0 aliphatic rings. The van der Waals surface area contributed by atoms with Crippen molar-refractivity contribution in [2.45, 2.75) is 13.3 Å². The molecular formula is C25H22N2O4S. The molecule has 0 aliphatic heterocycles. The standard InChI is InChI=1S/C25H22N2O4S/c1-4-16-9-11-17(12-10-16)20-15-32-24(22(20)25(29)31-3)27-23(28)19(14-26)13-18-7-5-6-8-21(18)30-2/h5-13,15H,4H2,1-3H3,(H,27,28)/b19-13+. The average Bonchev–Trinajstić information content (AvgIpc) is 3.25. The zero-order valence-electron chi connectivity index (χ0n) is 18.0. The highest BCUT2D eigenvalue weighted by molar-refractivity contribution is 7.15. The van der Waals surface area contributed by atoms with E-state index in [4.69, 9.17) is 9.47 Å². The number of methoxy groups -OCH3 is 2. The van der Waals surface area contributed by atoms with Crippen molar-refractivity contribution in [2.24, 2.45) is 0 Å². The lowest BCUT2D eigenvalue weighted by atomic mass is 10.0. The first kappa shape index (κ1) is 22.8. The van der Waals surface area contributed by atoms with Crippen molar-refractivity contribution in [2.75, 3.05) is 19.5 Å². The summed E-state index contributed by atoms with van der Waals surface area (Å²) in [5.41, 5.74) is 3.41. The van der Waals surface area contributed by atoms with Gasteiger partial charge in [0.15, 0.2) is 0 Å². The zero-order chi connectivity index (χ0) is 23.1. The van der Waals surface area contributed by atoms with Crippen LogP contribution in [0.2, 0.25) is 0 Å². The van der Waals surface area contributed by atoms with Gasteiger partial charge in [-0.1, -0.05) is 49.4 Å². The summed E-state index contributed by atoms with van der Waals surface area (Å²) >= 11 is 1.20. The fraction of sp³-hybridized carbons (Fsp3) is 0.160. The largest absolute Gasteiger partial charge is 0.496 e. The normalized spacial score (nSPS) is 10.9. The first-order chi connectivity index (χ1) is 15.5. The maximum Gasteiger partial charge on any atom is 0.341 e. The van der Waals surface area contributed by atoms with E-state index in [0.29, 0.717) is 21.9 Å². The van der Waals surface area contributed by atoms with Crippen molar-refractivity contribution in [1.29, 1.82) is 5.26 Å². The van der Waals surface area contributed by atoms with E-state index in [0.717, 1.165) is 12.0 Å². The minimum absolute atomic E-state index is 0.118. The minimum Gasteiger partial charge on any atom is -0.496 e. The number of aryl methyl sites for hydroxylation is 1. The number of thiophene rings is 1. The summed E-state index contributed by atoms with van der Waals surface area (Å²) in [6.07, 6.45) is 2.36. The van der Waals surface area contributed by atoms with Gasteiger partial charge in [-0.05, 0) is 29.7 Å². The Labute approximate surface area is 190 Å². The van der Waals surface area contributed by atoms with Crippen molar-refractivity contribution in [1.82, 2.24) is 0 Å². The smallest absolute Gasteiger partial charge is 0.341 e. The van der Waals surface area contributed by atoms with Crippen molar-refractivity contribution < 1.29 is 19.1 Å². The predicted molar refractivity (Wildman–Crippen MR) is 126 cm³/mol. The van der Waals surface area contributed by atoms with Gasteiger partial charge in [0, 0.05) is 16.5 Å². The van der Waals surface area contributed by atoms with E-state index in [1.807, 2.05) is 30.3 Å². The minimum atomic E-state index is -0.627. The number of carbonyl (C=O) groups excluding carboxylic acids is 2. The summed E-state index contributed by atoms with van der Waals surface area (Å²) in [5, 5.41) is 14.4. The fourth-order valence-electron chi connectivity index (χ4n) is 3.15. The van der Waals surface area contributed by atoms with Crippen LogP contribution < -0.4 is 10.1 Å². The third-order valence-electron chi connectivity index (χ3n) is 4.88. The molecule has 3 rings (SSSR count). The Morgan fingerprint density at radius 2 is 1.84 bits per heavy atom. The quantitative estimate of drug-likeness (QED) is 0.301. The molecule has 0 fully saturated rings. The molecule has 7 heteroatoms. The Morgan fingerprint density at radius 1 is 1.12 bits per heavy atom. The highest BCUT2D eigenvalue weighted by Gasteiger charge is 2.23. The van der Waals surface area contributed by atoms with Gasteiger partial charge in [-0.15, -0.1) is 11.3 Å². The topological polar surface area (TPSA) is 88.4 Å². The monoisotopic (exact) mass is 446 g/mol. The summed E-state index contributed by atoms with van der Waals surface area (Å²) in [7, 11) is 2.81. The molecule has 1 aromatic heterocycles. The number of hydrogen-bond acceptors (Lipinski definition) is 6. The molecule has 2 aromatic carbocycles. The number of esters is 1. The molecule has 1 amide bonds. The van der Waals surface area contributed by atoms with Gasteiger partial charge in [-0.3, -0.25) is 4.79 Å². The number of hydrogen-bond donors (Lipinski definition) is 1. The zero-order valence-corrected chi connectivity index (χ0v) is 18.8. The number of anilines is 1. The van der Waals surface area contributed by atoms with Gasteiger partial charge in [-0.2, -0.15) is 5.26 Å². The molecule has 32 heavy (non-hydrogen) atoms. The third-order valence-corrected chi connectivity index (χ3v) is 5.78. The number of rotatable bonds is 7. The van der Waals surface area contributed by atoms with E-state index in [2.05, 4.69) is 12.2 Å². The van der Waals surface area contributed by atoms with Gasteiger partial charge in [0.2, 0.25) is 0 Å². The van der Waals surface area contributed by atoms with Gasteiger partial charge in [-0.25, -0.2) is 4.79 Å². The van der Waals surface area contributed by atoms with Crippen LogP contribution in [-0.2, 0) is 16.0 Å². The van der Waals surface area contributed by atoms with Gasteiger partial charge in [0.25, 0.3) is 5.91 Å². The molecule has 0 spiro atoms. The number of ether oxygens (including phenoxy) is 2. The summed E-state index contributed by atoms with van der Waals surface area (Å²) in [4.78, 5) is 25.4. The number of nitriles is 1. The number of carbonyl (C=O) groups is 2. The van der Waals surface area contributed by atoms with Crippen LogP contribution in [0, 0.1) is 11.3 Å². The average molecular weight is 447 g/mol. The Bertz CT molecular complexity index is 1200. The maximum absolute atomic E-state index is 12.9. The van der Waals surface area contributed by atoms with Crippen LogP contribution in [0.15, 0.2) is 59.5 Å². The van der Waals surface area contributed by atoms with E-state index in [-0.39, 0.29) is 11.1 Å². The number of para-hydroxylation sites is 1. The van der Waals surface area contributed by atoms with Crippen molar-refractivity contribution in [3.05, 3.63) is 76.2 Å². The highest BCUT2D eigenvalue weighted by atomic mass is 32.1. The van der Waals surface area contributed by atoms with Crippen LogP contribution in [0.3, 0.4) is 0 Å². The molecule has 1 heterocycles. The van der Waals surface area contributed by atoms with Crippen molar-refractivity contribution in [3.8, 4) is 22.9 Å². The molecule has 0 bridgehead atoms. The number of amides is 1. The van der Waals surface area contributed by atoms with Crippen LogP contribution in [0.5, 0.6) is 5.75 Å². The molecule has 6 nitrogen and oxygen atoms in total. The Balaban J connectivity index is 1.96. The third kappa shape index (κ3) is 4.88. The number of benzene rings is 2. The maximum atomic E-state index is 12.9. The van der Waals surface area contributed by atoms with Gasteiger partial charge in [0.05, 0.1) is 14.2 Å². The Morgan fingerprint density at radius 3 is 2.47 bits per heavy atom. The molecule has 162 valence electrons. The number of nitrogens with zero attached hydrogens (tertiary/aromatic N) is 1. The molecule has 0 atom stereocenters. The molecule has 0 unspecified atom stereocenters. The van der Waals surface area contributed by atoms with E-state index in [1.165, 1.54) is 37.2 Å². The summed E-state index contributed by atoms with van der Waals surface area (Å²) < 4.78 is 10.2. The first-order valence-electron chi connectivity index (χ1n) is 9.87. The van der Waals surface area contributed by atoms with Crippen LogP contribution in [0.1, 0.15) is 28.4 Å². The summed E-state index contributed by atoms with van der Waals surface area (Å²) in [6.45, 7) is 2.07. The lowest BCUT2D eigenvalue weighted by molar-refractivity contribution is -0.112. The van der Waals surface area contributed by atoms with E-state index in [1.54, 1.807) is 29.6 Å². The predicted octanol–water partition coefficient (Wildman–Crippen LogP) is 5.32. The Kier molecular flexibility index (Phi) is 7.42. The summed E-state index contributed by atoms with van der Waals surface area (Å²) in [5.74, 6) is -0.654. The fourth-order valence-corrected chi connectivity index (χ4v) is 4.10. The van der Waals surface area contributed by atoms with Crippen LogP contribution >= 0.6 is 11.3 Å². The molecule has 0 aliphatic carbocycles. The van der Waals surface area contributed by atoms with Crippen LogP contribution in [0.4, 0.5) is 5.00 Å². The Hall–Kier alpha value is -3.89. The highest BCUT2D eigenvalue weighted by Crippen LogP contribution is 2.36. The van der Waals surface area contributed by atoms with Gasteiger partial charge < -0.3 is 14.8 Å². The van der Waals surface area contributed by atoms with Crippen LogP contribution in [-0.4, -0.2) is 26.1 Å². The number of nitrogens with one attached hydrogen (secondary N) is 1. The molecular weight excluding hydrogens is 424 g/mol. The van der Waals surface area contributed by atoms with E-state index in [9.17, 15) is 14.9 Å². The first-order valence-corrected chi connectivity index (χ1v) is 10.8.